The fourth-order valence-corrected chi connectivity index (χ4v) is 3.62. The van der Waals surface area contributed by atoms with Crippen molar-refractivity contribution in [3.05, 3.63) is 71.0 Å². The lowest BCUT2D eigenvalue weighted by atomic mass is 9.92. The van der Waals surface area contributed by atoms with Gasteiger partial charge in [0.05, 0.1) is 12.0 Å². The zero-order valence-electron chi connectivity index (χ0n) is 15.9. The molecule has 2 aromatic carbocycles. The molecule has 1 aliphatic heterocycles. The molecule has 3 atom stereocenters. The van der Waals surface area contributed by atoms with Crippen LogP contribution in [0.25, 0.3) is 0 Å². The third-order valence-corrected chi connectivity index (χ3v) is 5.36. The van der Waals surface area contributed by atoms with Crippen molar-refractivity contribution >= 4 is 11.8 Å². The molecule has 0 saturated carbocycles. The number of benzene rings is 2. The monoisotopic (exact) mass is 368 g/mol. The molecule has 0 aliphatic carbocycles. The summed E-state index contributed by atoms with van der Waals surface area (Å²) in [5.41, 5.74) is 3.08. The molecule has 3 rings (SSSR count). The molecule has 4 nitrogen and oxygen atoms in total. The second-order valence-corrected chi connectivity index (χ2v) is 7.37. The van der Waals surface area contributed by atoms with Crippen molar-refractivity contribution in [1.29, 1.82) is 0 Å². The molecule has 1 saturated heterocycles. The molecular formula is C22H25FN2O2. The minimum atomic E-state index is -0.411. The third-order valence-electron chi connectivity index (χ3n) is 5.36. The maximum Gasteiger partial charge on any atom is 0.226 e. The van der Waals surface area contributed by atoms with Gasteiger partial charge in [0, 0.05) is 20.0 Å². The SMILES string of the molecule is Cc1ccc(C2C(C(=O)NCC(C)c3ccc(F)cc3)CC(=O)N2C)cc1. The molecule has 1 heterocycles. The first-order valence-corrected chi connectivity index (χ1v) is 9.22. The maximum atomic E-state index is 13.1. The second kappa shape index (κ2) is 7.91. The molecule has 0 aromatic heterocycles. The number of carbonyl (C=O) groups is 2. The van der Waals surface area contributed by atoms with Gasteiger partial charge < -0.3 is 10.2 Å². The number of amides is 2. The summed E-state index contributed by atoms with van der Waals surface area (Å²) in [6, 6.07) is 14.0. The first-order chi connectivity index (χ1) is 12.9. The molecule has 3 unspecified atom stereocenters. The van der Waals surface area contributed by atoms with Gasteiger partial charge in [0.2, 0.25) is 11.8 Å². The summed E-state index contributed by atoms with van der Waals surface area (Å²) in [5, 5.41) is 2.98. The number of carbonyl (C=O) groups excluding carboxylic acids is 2. The van der Waals surface area contributed by atoms with Crippen molar-refractivity contribution < 1.29 is 14.0 Å². The van der Waals surface area contributed by atoms with Gasteiger partial charge >= 0.3 is 0 Å². The van der Waals surface area contributed by atoms with Crippen molar-refractivity contribution in [1.82, 2.24) is 10.2 Å². The number of aryl methyl sites for hydroxylation is 1. The van der Waals surface area contributed by atoms with Crippen molar-refractivity contribution in [3.63, 3.8) is 0 Å². The molecule has 27 heavy (non-hydrogen) atoms. The van der Waals surface area contributed by atoms with Gasteiger partial charge in [-0.3, -0.25) is 9.59 Å². The van der Waals surface area contributed by atoms with Crippen LogP contribution < -0.4 is 5.32 Å². The second-order valence-electron chi connectivity index (χ2n) is 7.37. The van der Waals surface area contributed by atoms with E-state index in [0.717, 1.165) is 16.7 Å². The Morgan fingerprint density at radius 1 is 1.19 bits per heavy atom. The van der Waals surface area contributed by atoms with Gasteiger partial charge in [0.15, 0.2) is 0 Å². The van der Waals surface area contributed by atoms with E-state index in [-0.39, 0.29) is 36.0 Å². The zero-order valence-corrected chi connectivity index (χ0v) is 15.9. The number of hydrogen-bond acceptors (Lipinski definition) is 2. The Labute approximate surface area is 159 Å². The van der Waals surface area contributed by atoms with E-state index in [9.17, 15) is 14.0 Å². The van der Waals surface area contributed by atoms with Crippen LogP contribution in [0, 0.1) is 18.7 Å². The Bertz CT molecular complexity index is 817. The van der Waals surface area contributed by atoms with E-state index in [1.807, 2.05) is 38.1 Å². The van der Waals surface area contributed by atoms with E-state index in [1.165, 1.54) is 12.1 Å². The summed E-state index contributed by atoms with van der Waals surface area (Å²) >= 11 is 0. The standard InChI is InChI=1S/C22H25FN2O2/c1-14-4-6-17(7-5-14)21-19(12-20(26)25(21)3)22(27)24-13-15(2)16-8-10-18(23)11-9-16/h4-11,15,19,21H,12-13H2,1-3H3,(H,24,27). The molecular weight excluding hydrogens is 343 g/mol. The lowest BCUT2D eigenvalue weighted by Gasteiger charge is -2.25. The number of rotatable bonds is 5. The van der Waals surface area contributed by atoms with Crippen LogP contribution in [0.1, 0.15) is 42.0 Å². The summed E-state index contributed by atoms with van der Waals surface area (Å²) in [7, 11) is 1.75. The van der Waals surface area contributed by atoms with Crippen molar-refractivity contribution in [2.75, 3.05) is 13.6 Å². The molecule has 0 radical (unpaired) electrons. The quantitative estimate of drug-likeness (QED) is 0.877. The van der Waals surface area contributed by atoms with Gasteiger partial charge in [-0.15, -0.1) is 0 Å². The van der Waals surface area contributed by atoms with Crippen LogP contribution in [-0.4, -0.2) is 30.3 Å². The van der Waals surface area contributed by atoms with Gasteiger partial charge in [-0.2, -0.15) is 0 Å². The molecule has 0 bridgehead atoms. The van der Waals surface area contributed by atoms with Crippen LogP contribution in [0.4, 0.5) is 4.39 Å². The van der Waals surface area contributed by atoms with E-state index in [1.54, 1.807) is 24.1 Å². The highest BCUT2D eigenvalue weighted by molar-refractivity contribution is 5.90. The van der Waals surface area contributed by atoms with E-state index < -0.39 is 5.92 Å². The van der Waals surface area contributed by atoms with Crippen molar-refractivity contribution in [2.24, 2.45) is 5.92 Å². The van der Waals surface area contributed by atoms with E-state index in [4.69, 9.17) is 0 Å². The molecule has 1 fully saturated rings. The first-order valence-electron chi connectivity index (χ1n) is 9.22. The van der Waals surface area contributed by atoms with Crippen LogP contribution in [0.2, 0.25) is 0 Å². The third kappa shape index (κ3) is 4.18. The smallest absolute Gasteiger partial charge is 0.226 e. The Morgan fingerprint density at radius 2 is 1.81 bits per heavy atom. The molecule has 2 aromatic rings. The first kappa shape index (κ1) is 19.1. The minimum Gasteiger partial charge on any atom is -0.355 e. The highest BCUT2D eigenvalue weighted by Crippen LogP contribution is 2.37. The molecule has 142 valence electrons. The number of likely N-dealkylation sites (tertiary alicyclic amines) is 1. The number of hydrogen-bond donors (Lipinski definition) is 1. The largest absolute Gasteiger partial charge is 0.355 e. The Balaban J connectivity index is 1.69. The molecule has 1 N–H and O–H groups in total. The average Bonchev–Trinajstić information content (AvgIpc) is 2.96. The highest BCUT2D eigenvalue weighted by Gasteiger charge is 2.42. The predicted molar refractivity (Wildman–Crippen MR) is 103 cm³/mol. The average molecular weight is 368 g/mol. The van der Waals surface area contributed by atoms with E-state index in [0.29, 0.717) is 6.54 Å². The summed E-state index contributed by atoms with van der Waals surface area (Å²) in [5.74, 6) is -0.768. The maximum absolute atomic E-state index is 13.1. The highest BCUT2D eigenvalue weighted by atomic mass is 19.1. The van der Waals surface area contributed by atoms with Gasteiger partial charge in [0.25, 0.3) is 0 Å². The van der Waals surface area contributed by atoms with Crippen LogP contribution in [0.15, 0.2) is 48.5 Å². The topological polar surface area (TPSA) is 49.4 Å². The van der Waals surface area contributed by atoms with E-state index >= 15 is 0 Å². The summed E-state index contributed by atoms with van der Waals surface area (Å²) in [6.07, 6.45) is 0.214. The normalized spacial score (nSPS) is 20.6. The van der Waals surface area contributed by atoms with Gasteiger partial charge in [-0.1, -0.05) is 48.9 Å². The minimum absolute atomic E-state index is 0.0210. The molecule has 5 heteroatoms. The Kier molecular flexibility index (Phi) is 5.59. The van der Waals surface area contributed by atoms with Crippen molar-refractivity contribution in [2.45, 2.75) is 32.2 Å². The zero-order chi connectivity index (χ0) is 19.6. The van der Waals surface area contributed by atoms with Crippen LogP contribution in [0.5, 0.6) is 0 Å². The predicted octanol–water partition coefficient (Wildman–Crippen LogP) is 3.57. The van der Waals surface area contributed by atoms with Gasteiger partial charge in [-0.25, -0.2) is 4.39 Å². The van der Waals surface area contributed by atoms with Crippen LogP contribution in [0.3, 0.4) is 0 Å². The number of nitrogens with one attached hydrogen (secondary N) is 1. The molecule has 0 spiro atoms. The summed E-state index contributed by atoms with van der Waals surface area (Å²) in [6.45, 7) is 4.44. The fraction of sp³-hybridized carbons (Fsp3) is 0.364. The number of halogens is 1. The summed E-state index contributed by atoms with van der Waals surface area (Å²) < 4.78 is 13.1. The van der Waals surface area contributed by atoms with Crippen molar-refractivity contribution in [3.8, 4) is 0 Å². The van der Waals surface area contributed by atoms with Crippen LogP contribution >= 0.6 is 0 Å². The lowest BCUT2D eigenvalue weighted by Crippen LogP contribution is -2.36. The lowest BCUT2D eigenvalue weighted by molar-refractivity contribution is -0.128. The Morgan fingerprint density at radius 3 is 2.44 bits per heavy atom. The summed E-state index contributed by atoms with van der Waals surface area (Å²) in [4.78, 5) is 26.7. The Hall–Kier alpha value is -2.69. The fourth-order valence-electron chi connectivity index (χ4n) is 3.62. The molecule has 1 aliphatic rings. The van der Waals surface area contributed by atoms with Gasteiger partial charge in [0.1, 0.15) is 5.82 Å². The molecule has 2 amide bonds. The van der Waals surface area contributed by atoms with E-state index in [2.05, 4.69) is 5.32 Å². The number of nitrogens with zero attached hydrogens (tertiary/aromatic N) is 1. The van der Waals surface area contributed by atoms with Gasteiger partial charge in [-0.05, 0) is 36.1 Å². The van der Waals surface area contributed by atoms with Crippen LogP contribution in [-0.2, 0) is 9.59 Å².